The van der Waals surface area contributed by atoms with Gasteiger partial charge in [-0.15, -0.1) is 0 Å². The van der Waals surface area contributed by atoms with E-state index in [1.807, 2.05) is 41.8 Å². The summed E-state index contributed by atoms with van der Waals surface area (Å²) in [7, 11) is 3.46. The number of hydrogen-bond donors (Lipinski definition) is 4. The maximum Gasteiger partial charge on any atom is 0.242 e. The Balaban J connectivity index is 1.82. The fourth-order valence-corrected chi connectivity index (χ4v) is 3.61. The van der Waals surface area contributed by atoms with Crippen molar-refractivity contribution in [2.45, 2.75) is 19.9 Å². The highest BCUT2D eigenvalue weighted by atomic mass is 16.2. The molecule has 0 aromatic carbocycles. The van der Waals surface area contributed by atoms with Gasteiger partial charge in [0.15, 0.2) is 0 Å². The van der Waals surface area contributed by atoms with Crippen molar-refractivity contribution >= 4 is 28.9 Å². The predicted molar refractivity (Wildman–Crippen MR) is 138 cm³/mol. The van der Waals surface area contributed by atoms with Crippen LogP contribution in [-0.4, -0.2) is 51.1 Å². The zero-order chi connectivity index (χ0) is 24.9. The Labute approximate surface area is 203 Å². The van der Waals surface area contributed by atoms with Crippen molar-refractivity contribution in [2.75, 3.05) is 24.7 Å². The van der Waals surface area contributed by atoms with Gasteiger partial charge >= 0.3 is 0 Å². The summed E-state index contributed by atoms with van der Waals surface area (Å²) >= 11 is 0. The van der Waals surface area contributed by atoms with Gasteiger partial charge in [0.25, 0.3) is 0 Å². The number of aromatic nitrogens is 4. The molecule has 1 unspecified atom stereocenters. The minimum Gasteiger partial charge on any atom is -0.373 e. The number of imidazole rings is 1. The van der Waals surface area contributed by atoms with Crippen molar-refractivity contribution in [3.63, 3.8) is 0 Å². The summed E-state index contributed by atoms with van der Waals surface area (Å²) in [6.45, 7) is 3.70. The van der Waals surface area contributed by atoms with E-state index in [9.17, 15) is 4.79 Å². The number of carbonyl (C=O) groups is 1. The van der Waals surface area contributed by atoms with E-state index in [2.05, 4.69) is 42.7 Å². The second kappa shape index (κ2) is 10.2. The van der Waals surface area contributed by atoms with Crippen LogP contribution in [0.4, 0.5) is 11.6 Å². The fraction of sp³-hybridized carbons (Fsp3) is 0.192. The Bertz CT molecular complexity index is 1480. The molecule has 0 saturated heterocycles. The summed E-state index contributed by atoms with van der Waals surface area (Å²) in [5, 5.41) is 17.2. The topological polar surface area (TPSA) is 120 Å². The molecule has 0 radical (unpaired) electrons. The molecule has 35 heavy (non-hydrogen) atoms. The first kappa shape index (κ1) is 23.6. The third-order valence-corrected chi connectivity index (χ3v) is 5.55. The summed E-state index contributed by atoms with van der Waals surface area (Å²) in [5.74, 6) is 6.70. The molecule has 1 atom stereocenters. The number of pyridine rings is 3. The molecule has 0 aliphatic rings. The van der Waals surface area contributed by atoms with Crippen molar-refractivity contribution in [3.8, 4) is 23.1 Å². The van der Waals surface area contributed by atoms with Crippen LogP contribution in [0.5, 0.6) is 0 Å². The van der Waals surface area contributed by atoms with Gasteiger partial charge in [-0.1, -0.05) is 6.07 Å². The number of likely N-dealkylation sites (N-methyl/N-ethyl adjacent to an activating group) is 1. The van der Waals surface area contributed by atoms with E-state index >= 15 is 0 Å². The standard InChI is InChI=1S/C26H26N8O/c1-16-24(34-15-6-5-9-23(34)31-16)19-10-13-22(33-26(35)17(2)28-3)32-21(19)12-11-20(27)18-8-7-14-30-25(18)29-4/h5-10,13-15,17,27-28H,1-4H3,(H,29,30)(H,32,33,35). The number of fused-ring (bicyclic) bond motifs is 1. The van der Waals surface area contributed by atoms with E-state index in [0.717, 1.165) is 22.6 Å². The first-order valence-corrected chi connectivity index (χ1v) is 11.1. The van der Waals surface area contributed by atoms with Gasteiger partial charge in [-0.05, 0) is 69.1 Å². The molecule has 0 saturated carbocycles. The number of nitrogens with one attached hydrogen (secondary N) is 4. The number of hydrogen-bond acceptors (Lipinski definition) is 7. The summed E-state index contributed by atoms with van der Waals surface area (Å²) in [5.41, 5.74) is 4.34. The van der Waals surface area contributed by atoms with Crippen LogP contribution in [0.25, 0.3) is 16.9 Å². The van der Waals surface area contributed by atoms with E-state index in [-0.39, 0.29) is 17.7 Å². The van der Waals surface area contributed by atoms with Crippen LogP contribution in [0.1, 0.15) is 23.9 Å². The average Bonchev–Trinajstić information content (AvgIpc) is 3.22. The molecule has 4 aromatic rings. The second-order valence-corrected chi connectivity index (χ2v) is 7.84. The van der Waals surface area contributed by atoms with E-state index in [0.29, 0.717) is 22.9 Å². The SMILES string of the molecule is CNc1ncccc1C(=N)C#Cc1nc(NC(=O)C(C)NC)ccc1-c1c(C)nc2ccccn12. The third kappa shape index (κ3) is 4.88. The molecule has 9 nitrogen and oxygen atoms in total. The lowest BCUT2D eigenvalue weighted by atomic mass is 10.1. The molecule has 0 spiro atoms. The lowest BCUT2D eigenvalue weighted by molar-refractivity contribution is -0.117. The van der Waals surface area contributed by atoms with Crippen molar-refractivity contribution < 1.29 is 4.79 Å². The van der Waals surface area contributed by atoms with E-state index in [1.54, 1.807) is 45.4 Å². The van der Waals surface area contributed by atoms with Crippen LogP contribution >= 0.6 is 0 Å². The smallest absolute Gasteiger partial charge is 0.242 e. The number of carbonyl (C=O) groups excluding carboxylic acids is 1. The lowest BCUT2D eigenvalue weighted by Crippen LogP contribution is -2.35. The number of amides is 1. The summed E-state index contributed by atoms with van der Waals surface area (Å²) < 4.78 is 1.98. The molecule has 9 heteroatoms. The van der Waals surface area contributed by atoms with Gasteiger partial charge in [-0.25, -0.2) is 15.0 Å². The van der Waals surface area contributed by atoms with Gasteiger partial charge < -0.3 is 16.0 Å². The van der Waals surface area contributed by atoms with Gasteiger partial charge in [0.05, 0.1) is 23.0 Å². The first-order chi connectivity index (χ1) is 16.9. The molecule has 0 bridgehead atoms. The summed E-state index contributed by atoms with van der Waals surface area (Å²) in [6, 6.07) is 12.6. The molecular weight excluding hydrogens is 440 g/mol. The number of rotatable bonds is 6. The minimum absolute atomic E-state index is 0.100. The Morgan fingerprint density at radius 1 is 1.11 bits per heavy atom. The quantitative estimate of drug-likeness (QED) is 0.256. The summed E-state index contributed by atoms with van der Waals surface area (Å²) in [6.07, 6.45) is 3.59. The largest absolute Gasteiger partial charge is 0.373 e. The Morgan fingerprint density at radius 2 is 1.94 bits per heavy atom. The van der Waals surface area contributed by atoms with Gasteiger partial charge in [-0.2, -0.15) is 0 Å². The van der Waals surface area contributed by atoms with Gasteiger partial charge in [0, 0.05) is 25.0 Å². The average molecular weight is 467 g/mol. The summed E-state index contributed by atoms with van der Waals surface area (Å²) in [4.78, 5) is 25.9. The predicted octanol–water partition coefficient (Wildman–Crippen LogP) is 3.11. The molecule has 0 aliphatic carbocycles. The Hall–Kier alpha value is -4.55. The van der Waals surface area contributed by atoms with Crippen LogP contribution in [0, 0.1) is 24.2 Å². The highest BCUT2D eigenvalue weighted by Gasteiger charge is 2.17. The van der Waals surface area contributed by atoms with Crippen molar-refractivity contribution in [1.82, 2.24) is 24.7 Å². The normalized spacial score (nSPS) is 11.4. The van der Waals surface area contributed by atoms with Gasteiger partial charge in [0.2, 0.25) is 5.91 Å². The maximum absolute atomic E-state index is 12.4. The van der Waals surface area contributed by atoms with E-state index in [4.69, 9.17) is 5.41 Å². The fourth-order valence-electron chi connectivity index (χ4n) is 3.61. The zero-order valence-electron chi connectivity index (χ0n) is 20.0. The molecule has 176 valence electrons. The van der Waals surface area contributed by atoms with Crippen LogP contribution in [0.15, 0.2) is 54.9 Å². The molecular formula is C26H26N8O. The zero-order valence-corrected chi connectivity index (χ0v) is 20.0. The monoisotopic (exact) mass is 466 g/mol. The van der Waals surface area contributed by atoms with Crippen LogP contribution in [-0.2, 0) is 4.79 Å². The minimum atomic E-state index is -0.384. The van der Waals surface area contributed by atoms with Gasteiger partial charge in [-0.3, -0.25) is 14.6 Å². The molecule has 4 heterocycles. The van der Waals surface area contributed by atoms with E-state index in [1.165, 1.54) is 0 Å². The first-order valence-electron chi connectivity index (χ1n) is 11.1. The van der Waals surface area contributed by atoms with Crippen LogP contribution in [0.2, 0.25) is 0 Å². The van der Waals surface area contributed by atoms with Crippen LogP contribution in [0.3, 0.4) is 0 Å². The van der Waals surface area contributed by atoms with Crippen molar-refractivity contribution in [3.05, 3.63) is 71.8 Å². The highest BCUT2D eigenvalue weighted by Crippen LogP contribution is 2.28. The maximum atomic E-state index is 12.4. The molecule has 4 N–H and O–H groups in total. The molecule has 4 aromatic heterocycles. The second-order valence-electron chi connectivity index (χ2n) is 7.84. The van der Waals surface area contributed by atoms with Gasteiger partial charge in [0.1, 0.15) is 28.7 Å². The number of aryl methyl sites for hydroxylation is 1. The Morgan fingerprint density at radius 3 is 2.71 bits per heavy atom. The third-order valence-electron chi connectivity index (χ3n) is 5.55. The lowest BCUT2D eigenvalue weighted by Gasteiger charge is -2.12. The highest BCUT2D eigenvalue weighted by molar-refractivity contribution is 6.14. The molecule has 0 fully saturated rings. The van der Waals surface area contributed by atoms with Crippen LogP contribution < -0.4 is 16.0 Å². The molecule has 0 aliphatic heterocycles. The Kier molecular flexibility index (Phi) is 6.85. The number of nitrogens with zero attached hydrogens (tertiary/aromatic N) is 4. The number of anilines is 2. The van der Waals surface area contributed by atoms with Crippen molar-refractivity contribution in [1.29, 1.82) is 5.41 Å². The van der Waals surface area contributed by atoms with E-state index < -0.39 is 0 Å². The molecule has 4 rings (SSSR count). The van der Waals surface area contributed by atoms with Crippen molar-refractivity contribution in [2.24, 2.45) is 0 Å². The molecule has 1 amide bonds.